The lowest BCUT2D eigenvalue weighted by Crippen LogP contribution is -2.60. The van der Waals surface area contributed by atoms with Gasteiger partial charge in [0.1, 0.15) is 36.1 Å². The fraction of sp³-hybridized carbons (Fsp3) is 1.00. The van der Waals surface area contributed by atoms with Crippen molar-refractivity contribution in [2.45, 2.75) is 54.9 Å². The third kappa shape index (κ3) is 3.99. The Morgan fingerprint density at radius 1 is 0.957 bits per heavy atom. The van der Waals surface area contributed by atoms with E-state index in [9.17, 15) is 30.6 Å². The van der Waals surface area contributed by atoms with Crippen LogP contribution < -0.4 is 0 Å². The maximum Gasteiger partial charge on any atom is 0.186 e. The average Bonchev–Trinajstić information content (AvgIpc) is 2.55. The van der Waals surface area contributed by atoms with Crippen LogP contribution in [0, 0.1) is 0 Å². The van der Waals surface area contributed by atoms with Gasteiger partial charge >= 0.3 is 0 Å². The molecule has 2 heterocycles. The molecule has 10 heteroatoms. The number of aliphatic hydroxyl groups excluding tert-OH is 7. The summed E-state index contributed by atoms with van der Waals surface area (Å²) in [5.74, 6) is 0. The smallest absolute Gasteiger partial charge is 0.186 e. The molecule has 2 aliphatic rings. The van der Waals surface area contributed by atoms with E-state index in [2.05, 4.69) is 0 Å². The van der Waals surface area contributed by atoms with Crippen LogP contribution in [0.1, 0.15) is 6.42 Å². The zero-order chi connectivity index (χ0) is 17.2. The Hall–Kier alpha value is -0.400. The van der Waals surface area contributed by atoms with Gasteiger partial charge in [-0.15, -0.1) is 0 Å². The number of hydrogen-bond acceptors (Lipinski definition) is 10. The van der Waals surface area contributed by atoms with Crippen LogP contribution in [0.4, 0.5) is 0 Å². The Kier molecular flexibility index (Phi) is 6.30. The first-order chi connectivity index (χ1) is 10.8. The van der Waals surface area contributed by atoms with Gasteiger partial charge in [-0.05, 0) is 0 Å². The zero-order valence-electron chi connectivity index (χ0n) is 12.4. The molecule has 0 aliphatic carbocycles. The van der Waals surface area contributed by atoms with E-state index in [0.717, 1.165) is 0 Å². The molecule has 0 aromatic heterocycles. The molecule has 136 valence electrons. The highest BCUT2D eigenvalue weighted by atomic mass is 16.7. The summed E-state index contributed by atoms with van der Waals surface area (Å²) in [6.45, 7) is -1.58. The first kappa shape index (κ1) is 18.9. The van der Waals surface area contributed by atoms with E-state index >= 15 is 0 Å². The van der Waals surface area contributed by atoms with Crippen molar-refractivity contribution < 1.29 is 50.0 Å². The lowest BCUT2D eigenvalue weighted by Gasteiger charge is -2.43. The van der Waals surface area contributed by atoms with Gasteiger partial charge in [-0.25, -0.2) is 0 Å². The van der Waals surface area contributed by atoms with E-state index in [1.807, 2.05) is 0 Å². The maximum absolute atomic E-state index is 9.87. The normalized spacial score (nSPS) is 48.4. The van der Waals surface area contributed by atoms with Gasteiger partial charge in [-0.1, -0.05) is 0 Å². The summed E-state index contributed by atoms with van der Waals surface area (Å²) in [7, 11) is 0. The highest BCUT2D eigenvalue weighted by molar-refractivity contribution is 4.92. The molecule has 6 unspecified atom stereocenters. The molecule has 0 saturated carbocycles. The molecule has 2 saturated heterocycles. The summed E-state index contributed by atoms with van der Waals surface area (Å²) in [6.07, 6.45) is -9.37. The van der Waals surface area contributed by atoms with Crippen LogP contribution in [0.15, 0.2) is 0 Å². The van der Waals surface area contributed by atoms with Crippen LogP contribution >= 0.6 is 0 Å². The van der Waals surface area contributed by atoms with Crippen LogP contribution in [0.25, 0.3) is 0 Å². The standard InChI is InChI=1S/C13H24O10/c14-2-8-9(18)10(19)11(20)12(23-8)21-5-13(4-15)1-6(16)7(17)3-22-13/h6-12,14-20H,1-5H2/t6?,7?,8?,9-,10?,11?,12+,13?/m0/s1. The predicted molar refractivity (Wildman–Crippen MR) is 72.1 cm³/mol. The molecule has 0 amide bonds. The fourth-order valence-electron chi connectivity index (χ4n) is 2.64. The molecular weight excluding hydrogens is 316 g/mol. The topological polar surface area (TPSA) is 169 Å². The van der Waals surface area contributed by atoms with Crippen molar-refractivity contribution in [1.82, 2.24) is 0 Å². The first-order valence-corrected chi connectivity index (χ1v) is 7.36. The minimum atomic E-state index is -1.57. The molecule has 0 spiro atoms. The molecule has 10 nitrogen and oxygen atoms in total. The third-order valence-electron chi connectivity index (χ3n) is 4.23. The maximum atomic E-state index is 9.87. The molecule has 2 aliphatic heterocycles. The third-order valence-corrected chi connectivity index (χ3v) is 4.23. The Morgan fingerprint density at radius 3 is 2.22 bits per heavy atom. The number of aliphatic hydroxyl groups is 7. The highest BCUT2D eigenvalue weighted by Crippen LogP contribution is 2.28. The zero-order valence-corrected chi connectivity index (χ0v) is 12.4. The first-order valence-electron chi connectivity index (χ1n) is 7.36. The average molecular weight is 340 g/mol. The van der Waals surface area contributed by atoms with Crippen LogP contribution in [0.5, 0.6) is 0 Å². The minimum absolute atomic E-state index is 0.0951. The van der Waals surface area contributed by atoms with Gasteiger partial charge in [-0.2, -0.15) is 0 Å². The molecule has 0 bridgehead atoms. The highest BCUT2D eigenvalue weighted by Gasteiger charge is 2.46. The number of ether oxygens (including phenoxy) is 3. The Bertz CT molecular complexity index is 380. The molecule has 7 N–H and O–H groups in total. The minimum Gasteiger partial charge on any atom is -0.394 e. The summed E-state index contributed by atoms with van der Waals surface area (Å²) >= 11 is 0. The molecular formula is C13H24O10. The van der Waals surface area contributed by atoms with Crippen molar-refractivity contribution in [3.63, 3.8) is 0 Å². The summed E-state index contributed by atoms with van der Waals surface area (Å²) < 4.78 is 15.9. The molecule has 2 fully saturated rings. The Morgan fingerprint density at radius 2 is 1.65 bits per heavy atom. The number of hydrogen-bond donors (Lipinski definition) is 7. The molecule has 23 heavy (non-hydrogen) atoms. The van der Waals surface area contributed by atoms with Crippen molar-refractivity contribution in [3.05, 3.63) is 0 Å². The molecule has 0 aromatic rings. The van der Waals surface area contributed by atoms with Gasteiger partial charge in [0.25, 0.3) is 0 Å². The van der Waals surface area contributed by atoms with Crippen LogP contribution in [-0.2, 0) is 14.2 Å². The summed E-state index contributed by atoms with van der Waals surface area (Å²) in [6, 6.07) is 0. The van der Waals surface area contributed by atoms with Gasteiger partial charge < -0.3 is 50.0 Å². The number of rotatable bonds is 5. The SMILES string of the molecule is OCC1O[C@@H](OCC2(CO)CC(O)C(O)CO2)C(O)C(O)[C@H]1O. The van der Waals surface area contributed by atoms with Crippen molar-refractivity contribution >= 4 is 0 Å². The quantitative estimate of drug-likeness (QED) is 0.260. The summed E-state index contributed by atoms with van der Waals surface area (Å²) in [5.41, 5.74) is -1.29. The van der Waals surface area contributed by atoms with E-state index in [1.165, 1.54) is 0 Å². The van der Waals surface area contributed by atoms with Crippen LogP contribution in [0.2, 0.25) is 0 Å². The Balaban J connectivity index is 1.98. The van der Waals surface area contributed by atoms with Crippen LogP contribution in [0.3, 0.4) is 0 Å². The lowest BCUT2D eigenvalue weighted by molar-refractivity contribution is -0.316. The summed E-state index contributed by atoms with van der Waals surface area (Å²) in [5, 5.41) is 67.0. The molecule has 0 aromatic carbocycles. The van der Waals surface area contributed by atoms with Gasteiger partial charge in [0, 0.05) is 6.42 Å². The monoisotopic (exact) mass is 340 g/mol. The molecule has 2 rings (SSSR count). The van der Waals surface area contributed by atoms with Crippen molar-refractivity contribution in [3.8, 4) is 0 Å². The lowest BCUT2D eigenvalue weighted by atomic mass is 9.92. The Labute approximate surface area is 132 Å². The van der Waals surface area contributed by atoms with E-state index in [1.54, 1.807) is 0 Å². The van der Waals surface area contributed by atoms with E-state index in [4.69, 9.17) is 19.3 Å². The summed E-state index contributed by atoms with van der Waals surface area (Å²) in [4.78, 5) is 0. The van der Waals surface area contributed by atoms with Gasteiger partial charge in [-0.3, -0.25) is 0 Å². The second-order valence-corrected chi connectivity index (χ2v) is 6.00. The predicted octanol–water partition coefficient (Wildman–Crippen LogP) is -4.32. The largest absolute Gasteiger partial charge is 0.394 e. The second-order valence-electron chi connectivity index (χ2n) is 6.00. The van der Waals surface area contributed by atoms with E-state index in [-0.39, 0.29) is 19.6 Å². The molecule has 8 atom stereocenters. The van der Waals surface area contributed by atoms with Gasteiger partial charge in [0.15, 0.2) is 6.29 Å². The van der Waals surface area contributed by atoms with E-state index in [0.29, 0.717) is 0 Å². The second kappa shape index (κ2) is 7.66. The van der Waals surface area contributed by atoms with Crippen molar-refractivity contribution in [2.75, 3.05) is 26.4 Å². The van der Waals surface area contributed by atoms with Crippen molar-refractivity contribution in [1.29, 1.82) is 0 Å². The van der Waals surface area contributed by atoms with Crippen LogP contribution in [-0.4, -0.2) is 111 Å². The fourth-order valence-corrected chi connectivity index (χ4v) is 2.64. The molecule has 0 radical (unpaired) electrons. The van der Waals surface area contributed by atoms with Gasteiger partial charge in [0.2, 0.25) is 0 Å². The van der Waals surface area contributed by atoms with E-state index < -0.39 is 61.7 Å². The van der Waals surface area contributed by atoms with Crippen molar-refractivity contribution in [2.24, 2.45) is 0 Å². The van der Waals surface area contributed by atoms with Gasteiger partial charge in [0.05, 0.1) is 32.5 Å².